The third kappa shape index (κ3) is 3.88. The standard InChI is InChI=1S/C25H19Cl2N3OS/c1-15-5-8-17(9-6-15)30-24(23(29-25(30)32)20-4-2-3-13-28-20)22-12-11-21(31-22)16-7-10-18(26)19(27)14-16/h2-14,23-24H,1H3,(H,29,32)/t23-,24-/m1/s1. The minimum atomic E-state index is -0.211. The van der Waals surface area contributed by atoms with E-state index in [2.05, 4.69) is 46.4 Å². The number of aromatic nitrogens is 1. The van der Waals surface area contributed by atoms with Gasteiger partial charge in [0, 0.05) is 17.4 Å². The average molecular weight is 480 g/mol. The lowest BCUT2D eigenvalue weighted by molar-refractivity contribution is 0.439. The molecule has 2 atom stereocenters. The van der Waals surface area contributed by atoms with Gasteiger partial charge in [0.1, 0.15) is 17.6 Å². The zero-order valence-electron chi connectivity index (χ0n) is 17.1. The molecule has 2 aromatic carbocycles. The highest BCUT2D eigenvalue weighted by atomic mass is 35.5. The van der Waals surface area contributed by atoms with E-state index in [-0.39, 0.29) is 12.1 Å². The molecule has 0 unspecified atom stereocenters. The summed E-state index contributed by atoms with van der Waals surface area (Å²) in [5, 5.41) is 5.06. The summed E-state index contributed by atoms with van der Waals surface area (Å²) in [7, 11) is 0. The molecule has 2 aromatic heterocycles. The van der Waals surface area contributed by atoms with Crippen molar-refractivity contribution >= 4 is 46.2 Å². The molecule has 1 N–H and O–H groups in total. The molecule has 0 bridgehead atoms. The number of halogens is 2. The summed E-state index contributed by atoms with van der Waals surface area (Å²) in [6.07, 6.45) is 1.79. The van der Waals surface area contributed by atoms with Gasteiger partial charge in [-0.25, -0.2) is 0 Å². The van der Waals surface area contributed by atoms with E-state index in [9.17, 15) is 0 Å². The van der Waals surface area contributed by atoms with Gasteiger partial charge < -0.3 is 14.6 Å². The lowest BCUT2D eigenvalue weighted by atomic mass is 10.0. The van der Waals surface area contributed by atoms with Gasteiger partial charge in [0.2, 0.25) is 0 Å². The first-order chi connectivity index (χ1) is 15.5. The van der Waals surface area contributed by atoms with Crippen molar-refractivity contribution in [1.82, 2.24) is 10.3 Å². The van der Waals surface area contributed by atoms with E-state index in [0.717, 1.165) is 22.7 Å². The van der Waals surface area contributed by atoms with Crippen molar-refractivity contribution in [3.63, 3.8) is 0 Å². The molecule has 32 heavy (non-hydrogen) atoms. The lowest BCUT2D eigenvalue weighted by Gasteiger charge is -2.26. The smallest absolute Gasteiger partial charge is 0.174 e. The van der Waals surface area contributed by atoms with Gasteiger partial charge >= 0.3 is 0 Å². The van der Waals surface area contributed by atoms with E-state index in [1.54, 1.807) is 18.3 Å². The van der Waals surface area contributed by atoms with Crippen LogP contribution in [0, 0.1) is 6.92 Å². The quantitative estimate of drug-likeness (QED) is 0.315. The normalized spacial score (nSPS) is 18.1. The highest BCUT2D eigenvalue weighted by Crippen LogP contribution is 2.43. The molecule has 160 valence electrons. The number of hydrogen-bond donors (Lipinski definition) is 1. The molecule has 4 aromatic rings. The van der Waals surface area contributed by atoms with Crippen LogP contribution in [0.15, 0.2) is 83.4 Å². The summed E-state index contributed by atoms with van der Waals surface area (Å²) in [5.41, 5.74) is 3.92. The van der Waals surface area contributed by atoms with E-state index in [1.165, 1.54) is 5.56 Å². The summed E-state index contributed by atoms with van der Waals surface area (Å²) in [6, 6.07) is 23.2. The summed E-state index contributed by atoms with van der Waals surface area (Å²) < 4.78 is 6.35. The molecule has 5 rings (SSSR count). The number of furan rings is 1. The van der Waals surface area contributed by atoms with Gasteiger partial charge in [0.05, 0.1) is 21.8 Å². The van der Waals surface area contributed by atoms with Crippen LogP contribution in [-0.2, 0) is 0 Å². The van der Waals surface area contributed by atoms with Gasteiger partial charge in [-0.3, -0.25) is 4.98 Å². The van der Waals surface area contributed by atoms with Crippen molar-refractivity contribution in [1.29, 1.82) is 0 Å². The van der Waals surface area contributed by atoms with E-state index >= 15 is 0 Å². The second-order valence-corrected chi connectivity index (χ2v) is 8.86. The summed E-state index contributed by atoms with van der Waals surface area (Å²) in [5.74, 6) is 1.48. The molecule has 7 heteroatoms. The lowest BCUT2D eigenvalue weighted by Crippen LogP contribution is -2.29. The second kappa shape index (κ2) is 8.58. The van der Waals surface area contributed by atoms with Crippen LogP contribution in [0.25, 0.3) is 11.3 Å². The number of nitrogens with zero attached hydrogens (tertiary/aromatic N) is 2. The maximum Gasteiger partial charge on any atom is 0.174 e. The van der Waals surface area contributed by atoms with Gasteiger partial charge in [-0.1, -0.05) is 47.0 Å². The fraction of sp³-hybridized carbons (Fsp3) is 0.120. The topological polar surface area (TPSA) is 41.3 Å². The van der Waals surface area contributed by atoms with Crippen molar-refractivity contribution in [3.05, 3.63) is 106 Å². The number of rotatable bonds is 4. The fourth-order valence-electron chi connectivity index (χ4n) is 3.94. The van der Waals surface area contributed by atoms with E-state index < -0.39 is 0 Å². The van der Waals surface area contributed by atoms with Crippen LogP contribution in [0.2, 0.25) is 10.0 Å². The third-order valence-electron chi connectivity index (χ3n) is 5.53. The molecule has 0 spiro atoms. The molecule has 1 aliphatic heterocycles. The zero-order valence-corrected chi connectivity index (χ0v) is 19.5. The Hall–Kier alpha value is -2.86. The molecule has 1 aliphatic rings. The van der Waals surface area contributed by atoms with Crippen molar-refractivity contribution in [3.8, 4) is 11.3 Å². The number of pyridine rings is 1. The molecule has 1 saturated heterocycles. The van der Waals surface area contributed by atoms with E-state index in [0.29, 0.717) is 20.9 Å². The molecular weight excluding hydrogens is 461 g/mol. The monoisotopic (exact) mass is 479 g/mol. The Bertz CT molecular complexity index is 1270. The predicted octanol–water partition coefficient (Wildman–Crippen LogP) is 7.13. The van der Waals surface area contributed by atoms with Crippen LogP contribution in [0.1, 0.15) is 29.1 Å². The average Bonchev–Trinajstić information content (AvgIpc) is 3.41. The van der Waals surface area contributed by atoms with Crippen molar-refractivity contribution in [2.75, 3.05) is 4.90 Å². The Labute approximate surface area is 201 Å². The molecule has 0 radical (unpaired) electrons. The highest BCUT2D eigenvalue weighted by Gasteiger charge is 2.42. The second-order valence-electron chi connectivity index (χ2n) is 7.66. The van der Waals surface area contributed by atoms with Crippen molar-refractivity contribution in [2.24, 2.45) is 0 Å². The maximum atomic E-state index is 6.35. The van der Waals surface area contributed by atoms with Crippen LogP contribution in [0.4, 0.5) is 5.69 Å². The van der Waals surface area contributed by atoms with Gasteiger partial charge in [-0.2, -0.15) is 0 Å². The van der Waals surface area contributed by atoms with Crippen LogP contribution in [0.3, 0.4) is 0 Å². The minimum absolute atomic E-state index is 0.169. The van der Waals surface area contributed by atoms with Gasteiger partial charge in [-0.05, 0) is 73.7 Å². The van der Waals surface area contributed by atoms with E-state index in [4.69, 9.17) is 39.8 Å². The number of aryl methyl sites for hydroxylation is 1. The van der Waals surface area contributed by atoms with Crippen molar-refractivity contribution < 1.29 is 4.42 Å². The SMILES string of the molecule is Cc1ccc(N2C(=S)N[C@H](c3ccccn3)[C@H]2c2ccc(-c3ccc(Cl)c(Cl)c3)o2)cc1. The Kier molecular flexibility index (Phi) is 5.64. The maximum absolute atomic E-state index is 6.35. The first-order valence-corrected chi connectivity index (χ1v) is 11.3. The molecule has 4 nitrogen and oxygen atoms in total. The minimum Gasteiger partial charge on any atom is -0.459 e. The summed E-state index contributed by atoms with van der Waals surface area (Å²) in [4.78, 5) is 6.67. The Morgan fingerprint density at radius 2 is 1.78 bits per heavy atom. The number of anilines is 1. The molecule has 0 aliphatic carbocycles. The fourth-order valence-corrected chi connectivity index (χ4v) is 4.59. The Balaban J connectivity index is 1.59. The first kappa shape index (κ1) is 21.0. The van der Waals surface area contributed by atoms with Crippen LogP contribution in [-0.4, -0.2) is 10.1 Å². The van der Waals surface area contributed by atoms with Crippen LogP contribution < -0.4 is 10.2 Å². The number of thiocarbonyl (C=S) groups is 1. The molecule has 1 fully saturated rings. The van der Waals surface area contributed by atoms with Crippen LogP contribution in [0.5, 0.6) is 0 Å². The van der Waals surface area contributed by atoms with E-state index in [1.807, 2.05) is 36.4 Å². The zero-order chi connectivity index (χ0) is 22.2. The van der Waals surface area contributed by atoms with Gasteiger partial charge in [-0.15, -0.1) is 0 Å². The molecule has 0 amide bonds. The number of benzene rings is 2. The largest absolute Gasteiger partial charge is 0.459 e. The third-order valence-corrected chi connectivity index (χ3v) is 6.59. The number of hydrogen-bond acceptors (Lipinski definition) is 3. The molecule has 0 saturated carbocycles. The van der Waals surface area contributed by atoms with Crippen LogP contribution >= 0.6 is 35.4 Å². The van der Waals surface area contributed by atoms with Gasteiger partial charge in [0.15, 0.2) is 5.11 Å². The number of nitrogens with one attached hydrogen (secondary N) is 1. The predicted molar refractivity (Wildman–Crippen MR) is 133 cm³/mol. The first-order valence-electron chi connectivity index (χ1n) is 10.1. The molecular formula is C25H19Cl2N3OS. The van der Waals surface area contributed by atoms with Gasteiger partial charge in [0.25, 0.3) is 0 Å². The molecule has 3 heterocycles. The Morgan fingerprint density at radius 1 is 0.969 bits per heavy atom. The summed E-state index contributed by atoms with van der Waals surface area (Å²) in [6.45, 7) is 2.06. The Morgan fingerprint density at radius 3 is 2.50 bits per heavy atom. The highest BCUT2D eigenvalue weighted by molar-refractivity contribution is 7.80. The summed E-state index contributed by atoms with van der Waals surface area (Å²) >= 11 is 18.1. The van der Waals surface area contributed by atoms with Crippen molar-refractivity contribution in [2.45, 2.75) is 19.0 Å².